The van der Waals surface area contributed by atoms with Crippen LogP contribution in [0.15, 0.2) is 36.0 Å². The maximum Gasteiger partial charge on any atom is 0.0594 e. The molecule has 0 aromatic carbocycles. The summed E-state index contributed by atoms with van der Waals surface area (Å²) in [4.78, 5) is 2.49. The van der Waals surface area contributed by atoms with Gasteiger partial charge in [0.1, 0.15) is 0 Å². The summed E-state index contributed by atoms with van der Waals surface area (Å²) >= 11 is 0. The molecule has 82 valence electrons. The molecule has 1 aliphatic heterocycles. The number of hydrogen-bond acceptors (Lipinski definition) is 2. The van der Waals surface area contributed by atoms with Gasteiger partial charge >= 0.3 is 0 Å². The molecule has 1 fully saturated rings. The van der Waals surface area contributed by atoms with E-state index in [2.05, 4.69) is 35.3 Å². The zero-order valence-corrected chi connectivity index (χ0v) is 9.19. The SMILES string of the molecule is C1=CC=C(CCN2CCOCC2)CC=C1. The monoisotopic (exact) mass is 205 g/mol. The molecule has 2 rings (SSSR count). The summed E-state index contributed by atoms with van der Waals surface area (Å²) in [7, 11) is 0. The molecule has 0 radical (unpaired) electrons. The highest BCUT2D eigenvalue weighted by Gasteiger charge is 2.10. The lowest BCUT2D eigenvalue weighted by atomic mass is 10.1. The Morgan fingerprint density at radius 1 is 1.13 bits per heavy atom. The Morgan fingerprint density at radius 3 is 2.87 bits per heavy atom. The summed E-state index contributed by atoms with van der Waals surface area (Å²) in [6.45, 7) is 5.17. The summed E-state index contributed by atoms with van der Waals surface area (Å²) in [5.74, 6) is 0. The minimum absolute atomic E-state index is 0.902. The molecular formula is C13H19NO. The van der Waals surface area contributed by atoms with E-state index in [1.165, 1.54) is 18.5 Å². The number of rotatable bonds is 3. The summed E-state index contributed by atoms with van der Waals surface area (Å²) in [6, 6.07) is 0. The first-order chi connectivity index (χ1) is 7.45. The zero-order valence-electron chi connectivity index (χ0n) is 9.19. The lowest BCUT2D eigenvalue weighted by Crippen LogP contribution is -2.36. The number of allylic oxidation sites excluding steroid dienone is 5. The van der Waals surface area contributed by atoms with Crippen LogP contribution in [0, 0.1) is 0 Å². The van der Waals surface area contributed by atoms with Crippen molar-refractivity contribution >= 4 is 0 Å². The van der Waals surface area contributed by atoms with Crippen LogP contribution in [0.3, 0.4) is 0 Å². The molecule has 0 N–H and O–H groups in total. The second-order valence-corrected chi connectivity index (χ2v) is 4.05. The molecule has 15 heavy (non-hydrogen) atoms. The maximum absolute atomic E-state index is 5.33. The molecule has 0 aromatic heterocycles. The third-order valence-corrected chi connectivity index (χ3v) is 2.92. The molecule has 2 heteroatoms. The number of nitrogens with zero attached hydrogens (tertiary/aromatic N) is 1. The fraction of sp³-hybridized carbons (Fsp3) is 0.538. The Kier molecular flexibility index (Phi) is 4.18. The standard InChI is InChI=1S/C13H19NO/c1-2-4-6-13(5-3-1)7-8-14-9-11-15-12-10-14/h1-5H,6-12H2. The molecule has 0 bridgehead atoms. The molecule has 2 nitrogen and oxygen atoms in total. The van der Waals surface area contributed by atoms with Crippen LogP contribution < -0.4 is 0 Å². The van der Waals surface area contributed by atoms with Crippen molar-refractivity contribution in [2.75, 3.05) is 32.8 Å². The van der Waals surface area contributed by atoms with Crippen molar-refractivity contribution in [3.8, 4) is 0 Å². The average Bonchev–Trinajstić information content (AvgIpc) is 2.56. The first kappa shape index (κ1) is 10.7. The highest BCUT2D eigenvalue weighted by atomic mass is 16.5. The van der Waals surface area contributed by atoms with E-state index in [4.69, 9.17) is 4.74 Å². The molecule has 0 atom stereocenters. The smallest absolute Gasteiger partial charge is 0.0594 e. The van der Waals surface area contributed by atoms with E-state index in [0.29, 0.717) is 0 Å². The van der Waals surface area contributed by atoms with Crippen molar-refractivity contribution in [2.45, 2.75) is 12.8 Å². The normalized spacial score (nSPS) is 22.5. The summed E-state index contributed by atoms with van der Waals surface area (Å²) in [6.07, 6.45) is 13.1. The van der Waals surface area contributed by atoms with E-state index >= 15 is 0 Å². The van der Waals surface area contributed by atoms with Crippen LogP contribution in [-0.2, 0) is 4.74 Å². The van der Waals surface area contributed by atoms with Crippen LogP contribution in [0.1, 0.15) is 12.8 Å². The van der Waals surface area contributed by atoms with Crippen molar-refractivity contribution in [2.24, 2.45) is 0 Å². The fourth-order valence-corrected chi connectivity index (χ4v) is 1.93. The molecule has 0 spiro atoms. The van der Waals surface area contributed by atoms with E-state index in [-0.39, 0.29) is 0 Å². The van der Waals surface area contributed by atoms with Gasteiger partial charge in [-0.05, 0) is 12.8 Å². The highest BCUT2D eigenvalue weighted by molar-refractivity contribution is 5.23. The first-order valence-electron chi connectivity index (χ1n) is 5.76. The van der Waals surface area contributed by atoms with Crippen LogP contribution in [0.25, 0.3) is 0 Å². The lowest BCUT2D eigenvalue weighted by Gasteiger charge is -2.26. The van der Waals surface area contributed by atoms with Gasteiger partial charge in [-0.15, -0.1) is 0 Å². The van der Waals surface area contributed by atoms with E-state index in [1.807, 2.05) is 0 Å². The molecule has 0 amide bonds. The highest BCUT2D eigenvalue weighted by Crippen LogP contribution is 2.12. The van der Waals surface area contributed by atoms with Crippen LogP contribution in [0.2, 0.25) is 0 Å². The molecule has 1 saturated heterocycles. The van der Waals surface area contributed by atoms with Gasteiger partial charge in [-0.2, -0.15) is 0 Å². The topological polar surface area (TPSA) is 12.5 Å². The van der Waals surface area contributed by atoms with E-state index in [0.717, 1.165) is 32.7 Å². The van der Waals surface area contributed by atoms with Crippen LogP contribution in [0.5, 0.6) is 0 Å². The molecule has 0 saturated carbocycles. The fourth-order valence-electron chi connectivity index (χ4n) is 1.93. The van der Waals surface area contributed by atoms with Crippen LogP contribution >= 0.6 is 0 Å². The zero-order chi connectivity index (χ0) is 10.3. The van der Waals surface area contributed by atoms with Crippen LogP contribution in [0.4, 0.5) is 0 Å². The second kappa shape index (κ2) is 5.89. The lowest BCUT2D eigenvalue weighted by molar-refractivity contribution is 0.0384. The van der Waals surface area contributed by atoms with Crippen molar-refractivity contribution in [1.29, 1.82) is 0 Å². The Labute approximate surface area is 91.9 Å². The number of ether oxygens (including phenoxy) is 1. The van der Waals surface area contributed by atoms with Gasteiger partial charge in [0.2, 0.25) is 0 Å². The van der Waals surface area contributed by atoms with Gasteiger partial charge in [-0.25, -0.2) is 0 Å². The van der Waals surface area contributed by atoms with Gasteiger partial charge in [-0.3, -0.25) is 4.90 Å². The Morgan fingerprint density at radius 2 is 2.00 bits per heavy atom. The number of morpholine rings is 1. The molecule has 2 aliphatic rings. The number of hydrogen-bond donors (Lipinski definition) is 0. The largest absolute Gasteiger partial charge is 0.379 e. The van der Waals surface area contributed by atoms with E-state index in [9.17, 15) is 0 Å². The molecular weight excluding hydrogens is 186 g/mol. The minimum atomic E-state index is 0.902. The van der Waals surface area contributed by atoms with Crippen LogP contribution in [-0.4, -0.2) is 37.7 Å². The van der Waals surface area contributed by atoms with Gasteiger partial charge in [-0.1, -0.05) is 36.0 Å². The third kappa shape index (κ3) is 3.65. The Bertz CT molecular complexity index is 272. The third-order valence-electron chi connectivity index (χ3n) is 2.92. The molecule has 1 aliphatic carbocycles. The summed E-state index contributed by atoms with van der Waals surface area (Å²) in [5.41, 5.74) is 1.53. The minimum Gasteiger partial charge on any atom is -0.379 e. The van der Waals surface area contributed by atoms with Gasteiger partial charge in [0, 0.05) is 19.6 Å². The summed E-state index contributed by atoms with van der Waals surface area (Å²) in [5, 5.41) is 0. The Hall–Kier alpha value is -0.860. The van der Waals surface area contributed by atoms with Crippen molar-refractivity contribution in [3.05, 3.63) is 36.0 Å². The van der Waals surface area contributed by atoms with Gasteiger partial charge in [0.05, 0.1) is 13.2 Å². The molecule has 1 heterocycles. The first-order valence-corrected chi connectivity index (χ1v) is 5.76. The van der Waals surface area contributed by atoms with E-state index in [1.54, 1.807) is 0 Å². The summed E-state index contributed by atoms with van der Waals surface area (Å²) < 4.78 is 5.33. The molecule has 0 aromatic rings. The van der Waals surface area contributed by atoms with E-state index < -0.39 is 0 Å². The van der Waals surface area contributed by atoms with Crippen molar-refractivity contribution < 1.29 is 4.74 Å². The predicted octanol–water partition coefficient (Wildman–Crippen LogP) is 2.15. The van der Waals surface area contributed by atoms with Crippen molar-refractivity contribution in [1.82, 2.24) is 4.90 Å². The Balaban J connectivity index is 1.74. The predicted molar refractivity (Wildman–Crippen MR) is 62.9 cm³/mol. The maximum atomic E-state index is 5.33. The quantitative estimate of drug-likeness (QED) is 0.700. The average molecular weight is 205 g/mol. The van der Waals surface area contributed by atoms with Crippen molar-refractivity contribution in [3.63, 3.8) is 0 Å². The van der Waals surface area contributed by atoms with Gasteiger partial charge in [0.15, 0.2) is 0 Å². The molecule has 0 unspecified atom stereocenters. The van der Waals surface area contributed by atoms with Gasteiger partial charge in [0.25, 0.3) is 0 Å². The second-order valence-electron chi connectivity index (χ2n) is 4.05. The van der Waals surface area contributed by atoms with Gasteiger partial charge < -0.3 is 4.74 Å².